The molecule has 1 heterocycles. The first-order chi connectivity index (χ1) is 10.1. The normalized spacial score (nSPS) is 25.4. The summed E-state index contributed by atoms with van der Waals surface area (Å²) < 4.78 is 10.4. The van der Waals surface area contributed by atoms with E-state index in [4.69, 9.17) is 9.47 Å². The number of ether oxygens (including phenoxy) is 2. The Labute approximate surface area is 126 Å². The highest BCUT2D eigenvalue weighted by molar-refractivity contribution is 5.88. The first-order valence-electron chi connectivity index (χ1n) is 7.27. The van der Waals surface area contributed by atoms with Gasteiger partial charge < -0.3 is 14.4 Å². The smallest absolute Gasteiger partial charge is 0.244 e. The minimum atomic E-state index is -0.526. The number of rotatable bonds is 6. The minimum Gasteiger partial charge on any atom is -0.497 e. The van der Waals surface area contributed by atoms with Gasteiger partial charge >= 0.3 is 0 Å². The lowest BCUT2D eigenvalue weighted by Gasteiger charge is -2.24. The van der Waals surface area contributed by atoms with E-state index in [0.717, 1.165) is 17.7 Å². The van der Waals surface area contributed by atoms with Gasteiger partial charge in [0, 0.05) is 13.7 Å². The Balaban J connectivity index is 2.31. The molecule has 2 rings (SSSR count). The van der Waals surface area contributed by atoms with E-state index in [-0.39, 0.29) is 12.1 Å². The van der Waals surface area contributed by atoms with Crippen molar-refractivity contribution in [3.63, 3.8) is 0 Å². The number of hydrogen-bond donors (Lipinski definition) is 1. The maximum atomic E-state index is 12.7. The Hall–Kier alpha value is -1.59. The average molecular weight is 292 g/mol. The van der Waals surface area contributed by atoms with Gasteiger partial charge in [-0.15, -0.1) is 0 Å². The molecular formula is C16H24N2O3. The van der Waals surface area contributed by atoms with Crippen molar-refractivity contribution in [1.29, 1.82) is 0 Å². The van der Waals surface area contributed by atoms with Crippen molar-refractivity contribution < 1.29 is 14.3 Å². The highest BCUT2D eigenvalue weighted by atomic mass is 16.5. The van der Waals surface area contributed by atoms with Gasteiger partial charge in [0.2, 0.25) is 5.91 Å². The van der Waals surface area contributed by atoms with Crippen molar-refractivity contribution in [2.24, 2.45) is 0 Å². The maximum Gasteiger partial charge on any atom is 0.244 e. The van der Waals surface area contributed by atoms with Crippen molar-refractivity contribution in [1.82, 2.24) is 10.2 Å². The van der Waals surface area contributed by atoms with E-state index in [1.165, 1.54) is 0 Å². The molecule has 0 spiro atoms. The van der Waals surface area contributed by atoms with Gasteiger partial charge in [0.1, 0.15) is 11.9 Å². The third kappa shape index (κ3) is 3.04. The molecule has 5 heteroatoms. The second kappa shape index (κ2) is 6.45. The van der Waals surface area contributed by atoms with Crippen molar-refractivity contribution in [2.45, 2.75) is 32.0 Å². The molecule has 1 amide bonds. The van der Waals surface area contributed by atoms with Crippen LogP contribution in [-0.4, -0.2) is 43.7 Å². The Morgan fingerprint density at radius 1 is 1.38 bits per heavy atom. The highest BCUT2D eigenvalue weighted by Crippen LogP contribution is 2.33. The summed E-state index contributed by atoms with van der Waals surface area (Å²) in [6.07, 6.45) is 0.600. The lowest BCUT2D eigenvalue weighted by molar-refractivity contribution is -0.133. The summed E-state index contributed by atoms with van der Waals surface area (Å²) in [5, 5.41) is 3.46. The fraction of sp³-hybridized carbons (Fsp3) is 0.562. The molecule has 0 aliphatic carbocycles. The summed E-state index contributed by atoms with van der Waals surface area (Å²) in [6, 6.07) is 7.82. The van der Waals surface area contributed by atoms with E-state index in [1.807, 2.05) is 43.0 Å². The molecule has 1 aliphatic heterocycles. The van der Waals surface area contributed by atoms with Gasteiger partial charge in [-0.25, -0.2) is 0 Å². The van der Waals surface area contributed by atoms with Crippen molar-refractivity contribution >= 4 is 5.91 Å². The van der Waals surface area contributed by atoms with Crippen LogP contribution in [0.2, 0.25) is 0 Å². The summed E-state index contributed by atoms with van der Waals surface area (Å²) in [6.45, 7) is 5.07. The number of methoxy groups -OCH3 is 2. The molecule has 1 aromatic carbocycles. The molecule has 2 unspecified atom stereocenters. The van der Waals surface area contributed by atoms with Crippen LogP contribution < -0.4 is 10.1 Å². The minimum absolute atomic E-state index is 0.120. The standard InChI is InChI=1S/C16H24N2O3/c1-5-16(2)15(19)18(9-10-20-3)14(17-16)12-7-6-8-13(11-12)21-4/h6-8,11,14,17H,5,9-10H2,1-4H3. The zero-order chi connectivity index (χ0) is 15.5. The molecule has 21 heavy (non-hydrogen) atoms. The number of nitrogens with one attached hydrogen (secondary N) is 1. The predicted octanol–water partition coefficient (Wildman–Crippen LogP) is 1.94. The van der Waals surface area contributed by atoms with Crippen LogP contribution in [-0.2, 0) is 9.53 Å². The van der Waals surface area contributed by atoms with Gasteiger partial charge in [-0.1, -0.05) is 19.1 Å². The van der Waals surface area contributed by atoms with Gasteiger partial charge in [0.15, 0.2) is 0 Å². The number of amides is 1. The Kier molecular flexibility index (Phi) is 4.85. The van der Waals surface area contributed by atoms with Crippen LogP contribution in [0.25, 0.3) is 0 Å². The van der Waals surface area contributed by atoms with Crippen molar-refractivity contribution in [3.05, 3.63) is 29.8 Å². The number of hydrogen-bond acceptors (Lipinski definition) is 4. The second-order valence-electron chi connectivity index (χ2n) is 5.50. The molecule has 0 radical (unpaired) electrons. The maximum absolute atomic E-state index is 12.7. The first kappa shape index (κ1) is 15.8. The second-order valence-corrected chi connectivity index (χ2v) is 5.50. The van der Waals surface area contributed by atoms with Crippen molar-refractivity contribution in [3.8, 4) is 5.75 Å². The fourth-order valence-electron chi connectivity index (χ4n) is 2.62. The molecule has 1 aromatic rings. The van der Waals surface area contributed by atoms with E-state index in [9.17, 15) is 4.79 Å². The number of carbonyl (C=O) groups excluding carboxylic acids is 1. The molecule has 0 saturated carbocycles. The third-order valence-corrected chi connectivity index (χ3v) is 4.15. The molecule has 116 valence electrons. The summed E-state index contributed by atoms with van der Waals surface area (Å²) in [4.78, 5) is 14.5. The van der Waals surface area contributed by atoms with Gasteiger partial charge in [0.05, 0.1) is 19.3 Å². The van der Waals surface area contributed by atoms with Gasteiger partial charge in [-0.3, -0.25) is 10.1 Å². The van der Waals surface area contributed by atoms with Crippen LogP contribution in [0, 0.1) is 0 Å². The molecule has 0 aromatic heterocycles. The number of carbonyl (C=O) groups is 1. The third-order valence-electron chi connectivity index (χ3n) is 4.15. The summed E-state index contributed by atoms with van der Waals surface area (Å²) >= 11 is 0. The van der Waals surface area contributed by atoms with E-state index >= 15 is 0 Å². The quantitative estimate of drug-likeness (QED) is 0.870. The molecule has 1 fully saturated rings. The SMILES string of the molecule is CCC1(C)NC(c2cccc(OC)c2)N(CCOC)C1=O. The average Bonchev–Trinajstić information content (AvgIpc) is 2.78. The van der Waals surface area contributed by atoms with Crippen LogP contribution in [0.15, 0.2) is 24.3 Å². The van der Waals surface area contributed by atoms with Gasteiger partial charge in [-0.2, -0.15) is 0 Å². The van der Waals surface area contributed by atoms with E-state index in [0.29, 0.717) is 13.2 Å². The molecule has 2 atom stereocenters. The van der Waals surface area contributed by atoms with Crippen LogP contribution in [0.3, 0.4) is 0 Å². The van der Waals surface area contributed by atoms with Gasteiger partial charge in [-0.05, 0) is 31.0 Å². The largest absolute Gasteiger partial charge is 0.497 e. The zero-order valence-electron chi connectivity index (χ0n) is 13.2. The molecular weight excluding hydrogens is 268 g/mol. The first-order valence-corrected chi connectivity index (χ1v) is 7.27. The van der Waals surface area contributed by atoms with E-state index in [1.54, 1.807) is 14.2 Å². The number of nitrogens with zero attached hydrogens (tertiary/aromatic N) is 1. The Bertz CT molecular complexity index is 506. The highest BCUT2D eigenvalue weighted by Gasteiger charge is 2.46. The molecule has 1 aliphatic rings. The molecule has 1 saturated heterocycles. The fourth-order valence-corrected chi connectivity index (χ4v) is 2.62. The summed E-state index contributed by atoms with van der Waals surface area (Å²) in [7, 11) is 3.29. The monoisotopic (exact) mass is 292 g/mol. The topological polar surface area (TPSA) is 50.8 Å². The van der Waals surface area contributed by atoms with Gasteiger partial charge in [0.25, 0.3) is 0 Å². The van der Waals surface area contributed by atoms with Crippen molar-refractivity contribution in [2.75, 3.05) is 27.4 Å². The Morgan fingerprint density at radius 2 is 2.14 bits per heavy atom. The summed E-state index contributed by atoms with van der Waals surface area (Å²) in [5.41, 5.74) is 0.498. The van der Waals surface area contributed by atoms with Crippen LogP contribution in [0.5, 0.6) is 5.75 Å². The molecule has 0 bridgehead atoms. The number of benzene rings is 1. The zero-order valence-corrected chi connectivity index (χ0v) is 13.2. The molecule has 1 N–H and O–H groups in total. The predicted molar refractivity (Wildman–Crippen MR) is 81.2 cm³/mol. The summed E-state index contributed by atoms with van der Waals surface area (Å²) in [5.74, 6) is 0.911. The van der Waals surface area contributed by atoms with Crippen LogP contribution in [0.1, 0.15) is 32.0 Å². The molecule has 5 nitrogen and oxygen atoms in total. The lowest BCUT2D eigenvalue weighted by atomic mass is 9.99. The van der Waals surface area contributed by atoms with Crippen LogP contribution >= 0.6 is 0 Å². The van der Waals surface area contributed by atoms with E-state index < -0.39 is 5.54 Å². The Morgan fingerprint density at radius 3 is 2.76 bits per heavy atom. The lowest BCUT2D eigenvalue weighted by Crippen LogP contribution is -2.43. The van der Waals surface area contributed by atoms with Crippen LogP contribution in [0.4, 0.5) is 0 Å². The van der Waals surface area contributed by atoms with E-state index in [2.05, 4.69) is 5.32 Å².